The van der Waals surface area contributed by atoms with Crippen molar-refractivity contribution in [3.63, 3.8) is 0 Å². The highest BCUT2D eigenvalue weighted by atomic mass is 79.9. The van der Waals surface area contributed by atoms with Crippen LogP contribution < -0.4 is 15.8 Å². The first-order valence-electron chi connectivity index (χ1n) is 5.47. The van der Waals surface area contributed by atoms with Crippen LogP contribution >= 0.6 is 15.9 Å². The van der Waals surface area contributed by atoms with E-state index in [0.717, 1.165) is 4.47 Å². The Morgan fingerprint density at radius 3 is 2.83 bits per heavy atom. The van der Waals surface area contributed by atoms with Gasteiger partial charge in [-0.2, -0.15) is 0 Å². The molecule has 0 radical (unpaired) electrons. The molecule has 18 heavy (non-hydrogen) atoms. The van der Waals surface area contributed by atoms with Crippen molar-refractivity contribution in [2.75, 3.05) is 26.1 Å². The molecule has 6 heteroatoms. The van der Waals surface area contributed by atoms with Gasteiger partial charge in [0.1, 0.15) is 5.75 Å². The molecule has 0 aliphatic heterocycles. The average molecular weight is 317 g/mol. The van der Waals surface area contributed by atoms with E-state index in [1.165, 1.54) is 0 Å². The Balaban J connectivity index is 2.71. The molecular formula is C12H17BrN2O3. The summed E-state index contributed by atoms with van der Waals surface area (Å²) in [4.78, 5) is 11.8. The number of benzene rings is 1. The second-order valence-corrected chi connectivity index (χ2v) is 4.64. The van der Waals surface area contributed by atoms with Gasteiger partial charge in [0.05, 0.1) is 18.8 Å². The third-order valence-corrected chi connectivity index (χ3v) is 2.88. The van der Waals surface area contributed by atoms with Gasteiger partial charge in [-0.15, -0.1) is 0 Å². The Labute approximate surface area is 115 Å². The first-order chi connectivity index (χ1) is 8.58. The molecule has 1 aromatic rings. The molecule has 1 atom stereocenters. The Morgan fingerprint density at radius 2 is 2.22 bits per heavy atom. The number of ether oxygens (including phenoxy) is 2. The zero-order valence-corrected chi connectivity index (χ0v) is 12.0. The summed E-state index contributed by atoms with van der Waals surface area (Å²) in [5.74, 6) is 0.328. The fraction of sp³-hybridized carbons (Fsp3) is 0.417. The number of nitrogens with one attached hydrogen (secondary N) is 1. The Morgan fingerprint density at radius 1 is 1.50 bits per heavy atom. The lowest BCUT2D eigenvalue weighted by molar-refractivity contribution is -0.117. The van der Waals surface area contributed by atoms with Gasteiger partial charge in [0.15, 0.2) is 0 Å². The molecule has 3 N–H and O–H groups in total. The van der Waals surface area contributed by atoms with Crippen LogP contribution in [0.25, 0.3) is 0 Å². The van der Waals surface area contributed by atoms with Crippen LogP contribution in [-0.2, 0) is 9.53 Å². The highest BCUT2D eigenvalue weighted by molar-refractivity contribution is 9.10. The summed E-state index contributed by atoms with van der Waals surface area (Å²) < 4.78 is 10.9. The molecule has 0 bridgehead atoms. The SMILES string of the molecule is COCCC(N)C(=O)Nc1cc(Br)ccc1OC. The van der Waals surface area contributed by atoms with E-state index >= 15 is 0 Å². The summed E-state index contributed by atoms with van der Waals surface area (Å²) in [6.45, 7) is 0.449. The lowest BCUT2D eigenvalue weighted by Gasteiger charge is -2.14. The molecule has 1 unspecified atom stereocenters. The standard InChI is InChI=1S/C12H17BrN2O3/c1-17-6-5-9(14)12(16)15-10-7-8(13)3-4-11(10)18-2/h3-4,7,9H,5-6,14H2,1-2H3,(H,15,16). The zero-order valence-electron chi connectivity index (χ0n) is 10.4. The fourth-order valence-electron chi connectivity index (χ4n) is 1.38. The van der Waals surface area contributed by atoms with Crippen LogP contribution in [0.2, 0.25) is 0 Å². The molecule has 100 valence electrons. The number of halogens is 1. The van der Waals surface area contributed by atoms with E-state index in [1.807, 2.05) is 6.07 Å². The van der Waals surface area contributed by atoms with Crippen molar-refractivity contribution in [2.45, 2.75) is 12.5 Å². The molecule has 5 nitrogen and oxygen atoms in total. The van der Waals surface area contributed by atoms with Crippen LogP contribution in [0.1, 0.15) is 6.42 Å². The van der Waals surface area contributed by atoms with Crippen molar-refractivity contribution in [1.29, 1.82) is 0 Å². The third-order valence-electron chi connectivity index (χ3n) is 2.39. The molecule has 0 saturated heterocycles. The zero-order chi connectivity index (χ0) is 13.5. The lowest BCUT2D eigenvalue weighted by atomic mass is 10.2. The van der Waals surface area contributed by atoms with Crippen LogP contribution in [0.15, 0.2) is 22.7 Å². The second-order valence-electron chi connectivity index (χ2n) is 3.72. The van der Waals surface area contributed by atoms with Crippen molar-refractivity contribution in [1.82, 2.24) is 0 Å². The summed E-state index contributed by atoms with van der Waals surface area (Å²) >= 11 is 3.34. The van der Waals surface area contributed by atoms with Crippen LogP contribution in [-0.4, -0.2) is 32.8 Å². The molecule has 0 spiro atoms. The minimum atomic E-state index is -0.603. The van der Waals surface area contributed by atoms with Crippen LogP contribution in [0, 0.1) is 0 Å². The summed E-state index contributed by atoms with van der Waals surface area (Å²) in [5, 5.41) is 2.74. The van der Waals surface area contributed by atoms with Gasteiger partial charge in [-0.25, -0.2) is 0 Å². The summed E-state index contributed by atoms with van der Waals surface area (Å²) in [6, 6.07) is 4.76. The number of hydrogen-bond donors (Lipinski definition) is 2. The van der Waals surface area contributed by atoms with Gasteiger partial charge in [0.25, 0.3) is 0 Å². The summed E-state index contributed by atoms with van der Waals surface area (Å²) in [5.41, 5.74) is 6.32. The highest BCUT2D eigenvalue weighted by Gasteiger charge is 2.15. The smallest absolute Gasteiger partial charge is 0.241 e. The monoisotopic (exact) mass is 316 g/mol. The largest absolute Gasteiger partial charge is 0.495 e. The van der Waals surface area contributed by atoms with Gasteiger partial charge in [0, 0.05) is 18.2 Å². The Bertz CT molecular complexity index is 412. The molecular weight excluding hydrogens is 300 g/mol. The molecule has 0 aliphatic carbocycles. The number of hydrogen-bond acceptors (Lipinski definition) is 4. The molecule has 1 amide bonds. The van der Waals surface area contributed by atoms with Crippen molar-refractivity contribution < 1.29 is 14.3 Å². The summed E-state index contributed by atoms with van der Waals surface area (Å²) in [7, 11) is 3.12. The van der Waals surface area contributed by atoms with Crippen LogP contribution in [0.5, 0.6) is 5.75 Å². The number of carbonyl (C=O) groups excluding carboxylic acids is 1. The number of rotatable bonds is 6. The number of nitrogens with two attached hydrogens (primary N) is 1. The van der Waals surface area contributed by atoms with Crippen molar-refractivity contribution in [3.8, 4) is 5.75 Å². The third kappa shape index (κ3) is 4.29. The summed E-state index contributed by atoms with van der Waals surface area (Å²) in [6.07, 6.45) is 0.471. The first kappa shape index (κ1) is 14.9. The maximum Gasteiger partial charge on any atom is 0.241 e. The van der Waals surface area contributed by atoms with E-state index in [0.29, 0.717) is 24.5 Å². The van der Waals surface area contributed by atoms with E-state index in [4.69, 9.17) is 15.2 Å². The van der Waals surface area contributed by atoms with Gasteiger partial charge < -0.3 is 20.5 Å². The molecule has 0 heterocycles. The average Bonchev–Trinajstić information content (AvgIpc) is 2.36. The minimum absolute atomic E-state index is 0.261. The maximum atomic E-state index is 11.8. The first-order valence-corrected chi connectivity index (χ1v) is 6.26. The van der Waals surface area contributed by atoms with E-state index in [-0.39, 0.29) is 5.91 Å². The number of anilines is 1. The number of carbonyl (C=O) groups is 1. The maximum absolute atomic E-state index is 11.8. The fourth-order valence-corrected chi connectivity index (χ4v) is 1.74. The lowest BCUT2D eigenvalue weighted by Crippen LogP contribution is -2.36. The van der Waals surface area contributed by atoms with E-state index in [1.54, 1.807) is 26.4 Å². The van der Waals surface area contributed by atoms with Gasteiger partial charge in [-0.3, -0.25) is 4.79 Å². The van der Waals surface area contributed by atoms with Crippen molar-refractivity contribution in [2.24, 2.45) is 5.73 Å². The van der Waals surface area contributed by atoms with Crippen LogP contribution in [0.4, 0.5) is 5.69 Å². The van der Waals surface area contributed by atoms with Gasteiger partial charge >= 0.3 is 0 Å². The highest BCUT2D eigenvalue weighted by Crippen LogP contribution is 2.27. The number of amides is 1. The minimum Gasteiger partial charge on any atom is -0.495 e. The topological polar surface area (TPSA) is 73.6 Å². The Kier molecular flexibility index (Phi) is 6.11. The molecule has 1 rings (SSSR count). The molecule has 1 aromatic carbocycles. The quantitative estimate of drug-likeness (QED) is 0.838. The van der Waals surface area contributed by atoms with Crippen molar-refractivity contribution >= 4 is 27.5 Å². The van der Waals surface area contributed by atoms with E-state index in [2.05, 4.69) is 21.2 Å². The predicted molar refractivity (Wildman–Crippen MR) is 73.8 cm³/mol. The molecule has 0 aliphatic rings. The normalized spacial score (nSPS) is 12.0. The van der Waals surface area contributed by atoms with Crippen molar-refractivity contribution in [3.05, 3.63) is 22.7 Å². The van der Waals surface area contributed by atoms with Gasteiger partial charge in [-0.1, -0.05) is 15.9 Å². The number of methoxy groups -OCH3 is 2. The van der Waals surface area contributed by atoms with E-state index < -0.39 is 6.04 Å². The van der Waals surface area contributed by atoms with Gasteiger partial charge in [-0.05, 0) is 24.6 Å². The predicted octanol–water partition coefficient (Wildman–Crippen LogP) is 1.76. The Hall–Kier alpha value is -1.11. The molecule has 0 aromatic heterocycles. The molecule has 0 fully saturated rings. The van der Waals surface area contributed by atoms with Gasteiger partial charge in [0.2, 0.25) is 5.91 Å². The second kappa shape index (κ2) is 7.35. The van der Waals surface area contributed by atoms with Crippen LogP contribution in [0.3, 0.4) is 0 Å². The molecule has 0 saturated carbocycles. The van der Waals surface area contributed by atoms with E-state index in [9.17, 15) is 4.79 Å².